The Bertz CT molecular complexity index is 1210. The predicted octanol–water partition coefficient (Wildman–Crippen LogP) is 1.82. The quantitative estimate of drug-likeness (QED) is 0.609. The Morgan fingerprint density at radius 1 is 1.00 bits per heavy atom. The fourth-order valence-electron chi connectivity index (χ4n) is 3.49. The number of para-hydroxylation sites is 1. The molecule has 8 nitrogen and oxygen atoms in total. The molecule has 3 aromatic rings. The van der Waals surface area contributed by atoms with E-state index in [2.05, 4.69) is 5.10 Å². The van der Waals surface area contributed by atoms with Gasteiger partial charge >= 0.3 is 0 Å². The Hall–Kier alpha value is -3.48. The van der Waals surface area contributed by atoms with E-state index in [-0.39, 0.29) is 30.3 Å². The second-order valence-electron chi connectivity index (χ2n) is 7.23. The maximum absolute atomic E-state index is 12.8. The van der Waals surface area contributed by atoms with E-state index in [1.165, 1.54) is 28.6 Å². The lowest BCUT2D eigenvalue weighted by molar-refractivity contribution is -0.131. The zero-order chi connectivity index (χ0) is 21.8. The summed E-state index contributed by atoms with van der Waals surface area (Å²) in [6.45, 7) is 1.14. The Kier molecular flexibility index (Phi) is 5.84. The lowest BCUT2D eigenvalue weighted by Crippen LogP contribution is -2.50. The van der Waals surface area contributed by atoms with Crippen LogP contribution in [0.1, 0.15) is 11.1 Å². The van der Waals surface area contributed by atoms with Crippen molar-refractivity contribution in [2.45, 2.75) is 11.3 Å². The standard InChI is InChI=1S/C22H21N5O3S/c23-15-18-6-8-21(9-7-18)31(29,30)26-12-10-25(11-13-26)22(28)14-19-16-24-27(17-19)20-4-2-1-3-5-20/h1-9,16-17H,10-14H2. The molecule has 1 aliphatic heterocycles. The fraction of sp³-hybridized carbons (Fsp3) is 0.227. The van der Waals surface area contributed by atoms with Crippen molar-refractivity contribution in [3.63, 3.8) is 0 Å². The van der Waals surface area contributed by atoms with Crippen LogP contribution in [0.25, 0.3) is 5.69 Å². The molecule has 158 valence electrons. The predicted molar refractivity (Wildman–Crippen MR) is 114 cm³/mol. The molecule has 0 unspecified atom stereocenters. The van der Waals surface area contributed by atoms with Crippen LogP contribution in [0.15, 0.2) is 71.9 Å². The molecule has 4 rings (SSSR count). The molecular weight excluding hydrogens is 414 g/mol. The van der Waals surface area contributed by atoms with E-state index in [0.717, 1.165) is 11.3 Å². The average Bonchev–Trinajstić information content (AvgIpc) is 3.28. The van der Waals surface area contributed by atoms with Gasteiger partial charge in [0.15, 0.2) is 0 Å². The molecule has 0 radical (unpaired) electrons. The number of rotatable bonds is 5. The molecule has 0 N–H and O–H groups in total. The maximum Gasteiger partial charge on any atom is 0.243 e. The lowest BCUT2D eigenvalue weighted by atomic mass is 10.2. The van der Waals surface area contributed by atoms with Gasteiger partial charge in [-0.2, -0.15) is 14.7 Å². The Labute approximate surface area is 181 Å². The van der Waals surface area contributed by atoms with Gasteiger partial charge in [0, 0.05) is 32.4 Å². The number of sulfonamides is 1. The van der Waals surface area contributed by atoms with Crippen LogP contribution in [0.3, 0.4) is 0 Å². The summed E-state index contributed by atoms with van der Waals surface area (Å²) < 4.78 is 28.7. The summed E-state index contributed by atoms with van der Waals surface area (Å²) in [5.41, 5.74) is 2.13. The summed E-state index contributed by atoms with van der Waals surface area (Å²) in [6, 6.07) is 17.5. The largest absolute Gasteiger partial charge is 0.340 e. The van der Waals surface area contributed by atoms with Crippen LogP contribution in [-0.4, -0.2) is 59.5 Å². The van der Waals surface area contributed by atoms with Crippen LogP contribution >= 0.6 is 0 Å². The summed E-state index contributed by atoms with van der Waals surface area (Å²) in [5.74, 6) is -0.0527. The molecule has 2 aromatic carbocycles. The van der Waals surface area contributed by atoms with E-state index in [4.69, 9.17) is 5.26 Å². The molecule has 1 aromatic heterocycles. The van der Waals surface area contributed by atoms with Crippen LogP contribution in [0, 0.1) is 11.3 Å². The van der Waals surface area contributed by atoms with Crippen LogP contribution < -0.4 is 0 Å². The van der Waals surface area contributed by atoms with Gasteiger partial charge in [0.1, 0.15) is 0 Å². The minimum atomic E-state index is -3.65. The van der Waals surface area contributed by atoms with E-state index in [9.17, 15) is 13.2 Å². The van der Waals surface area contributed by atoms with E-state index in [0.29, 0.717) is 18.7 Å². The minimum Gasteiger partial charge on any atom is -0.340 e. The molecule has 1 saturated heterocycles. The summed E-state index contributed by atoms with van der Waals surface area (Å²) in [7, 11) is -3.65. The van der Waals surface area contributed by atoms with E-state index in [1.807, 2.05) is 42.6 Å². The molecular formula is C22H21N5O3S. The van der Waals surface area contributed by atoms with Crippen molar-refractivity contribution in [3.05, 3.63) is 78.1 Å². The Morgan fingerprint density at radius 2 is 1.68 bits per heavy atom. The van der Waals surface area contributed by atoms with Gasteiger partial charge in [-0.05, 0) is 42.0 Å². The van der Waals surface area contributed by atoms with Crippen molar-refractivity contribution in [2.24, 2.45) is 0 Å². The number of carbonyl (C=O) groups excluding carboxylic acids is 1. The fourth-order valence-corrected chi connectivity index (χ4v) is 4.91. The van der Waals surface area contributed by atoms with Crippen molar-refractivity contribution in [3.8, 4) is 11.8 Å². The lowest BCUT2D eigenvalue weighted by Gasteiger charge is -2.34. The first-order valence-electron chi connectivity index (χ1n) is 9.84. The number of piperazine rings is 1. The van der Waals surface area contributed by atoms with Gasteiger partial charge in [-0.15, -0.1) is 0 Å². The van der Waals surface area contributed by atoms with Crippen molar-refractivity contribution in [1.82, 2.24) is 19.0 Å². The number of nitriles is 1. The number of hydrogen-bond donors (Lipinski definition) is 0. The zero-order valence-corrected chi connectivity index (χ0v) is 17.6. The molecule has 2 heterocycles. The first-order chi connectivity index (χ1) is 15.0. The maximum atomic E-state index is 12.8. The number of benzene rings is 2. The first kappa shape index (κ1) is 20.8. The highest BCUT2D eigenvalue weighted by molar-refractivity contribution is 7.89. The molecule has 0 spiro atoms. The van der Waals surface area contributed by atoms with Gasteiger partial charge < -0.3 is 4.90 Å². The normalized spacial score (nSPS) is 14.9. The smallest absolute Gasteiger partial charge is 0.243 e. The topological polar surface area (TPSA) is 99.3 Å². The summed E-state index contributed by atoms with van der Waals surface area (Å²) in [5, 5.41) is 13.2. The molecule has 0 aliphatic carbocycles. The molecule has 0 atom stereocenters. The number of amides is 1. The summed E-state index contributed by atoms with van der Waals surface area (Å²) in [4.78, 5) is 14.5. The summed E-state index contributed by atoms with van der Waals surface area (Å²) >= 11 is 0. The van der Waals surface area contributed by atoms with Crippen LogP contribution in [0.5, 0.6) is 0 Å². The minimum absolute atomic E-state index is 0.0527. The molecule has 31 heavy (non-hydrogen) atoms. The van der Waals surface area contributed by atoms with Crippen molar-refractivity contribution in [2.75, 3.05) is 26.2 Å². The third kappa shape index (κ3) is 4.50. The highest BCUT2D eigenvalue weighted by Crippen LogP contribution is 2.19. The zero-order valence-electron chi connectivity index (χ0n) is 16.8. The van der Waals surface area contributed by atoms with E-state index in [1.54, 1.807) is 15.8 Å². The van der Waals surface area contributed by atoms with Gasteiger partial charge in [0.05, 0.1) is 34.8 Å². The number of hydrogen-bond acceptors (Lipinski definition) is 5. The van der Waals surface area contributed by atoms with Crippen LogP contribution in [-0.2, 0) is 21.2 Å². The molecule has 1 aliphatic rings. The molecule has 0 saturated carbocycles. The number of aromatic nitrogens is 2. The Morgan fingerprint density at radius 3 is 2.32 bits per heavy atom. The SMILES string of the molecule is N#Cc1ccc(S(=O)(=O)N2CCN(C(=O)Cc3cnn(-c4ccccc4)c3)CC2)cc1. The van der Waals surface area contributed by atoms with Crippen LogP contribution in [0.2, 0.25) is 0 Å². The monoisotopic (exact) mass is 435 g/mol. The van der Waals surface area contributed by atoms with Gasteiger partial charge in [-0.3, -0.25) is 4.79 Å². The molecule has 9 heteroatoms. The van der Waals surface area contributed by atoms with E-state index < -0.39 is 10.0 Å². The van der Waals surface area contributed by atoms with Crippen LogP contribution in [0.4, 0.5) is 0 Å². The average molecular weight is 436 g/mol. The Balaban J connectivity index is 1.36. The van der Waals surface area contributed by atoms with E-state index >= 15 is 0 Å². The third-order valence-electron chi connectivity index (χ3n) is 5.22. The third-order valence-corrected chi connectivity index (χ3v) is 7.14. The van der Waals surface area contributed by atoms with Gasteiger partial charge in [-0.1, -0.05) is 18.2 Å². The highest BCUT2D eigenvalue weighted by Gasteiger charge is 2.30. The molecule has 1 fully saturated rings. The number of nitrogens with zero attached hydrogens (tertiary/aromatic N) is 5. The van der Waals surface area contributed by atoms with Gasteiger partial charge in [0.25, 0.3) is 0 Å². The van der Waals surface area contributed by atoms with Gasteiger partial charge in [-0.25, -0.2) is 13.1 Å². The number of carbonyl (C=O) groups is 1. The van der Waals surface area contributed by atoms with Crippen molar-refractivity contribution >= 4 is 15.9 Å². The second kappa shape index (κ2) is 8.71. The first-order valence-corrected chi connectivity index (χ1v) is 11.3. The van der Waals surface area contributed by atoms with Crippen molar-refractivity contribution in [1.29, 1.82) is 5.26 Å². The summed E-state index contributed by atoms with van der Waals surface area (Å²) in [6.07, 6.45) is 3.73. The molecule has 1 amide bonds. The van der Waals surface area contributed by atoms with Crippen molar-refractivity contribution < 1.29 is 13.2 Å². The highest BCUT2D eigenvalue weighted by atomic mass is 32.2. The molecule has 0 bridgehead atoms. The van der Waals surface area contributed by atoms with Gasteiger partial charge in [0.2, 0.25) is 15.9 Å². The second-order valence-corrected chi connectivity index (χ2v) is 9.16.